The summed E-state index contributed by atoms with van der Waals surface area (Å²) in [5.74, 6) is 2.16. The quantitative estimate of drug-likeness (QED) is 0.907. The predicted octanol–water partition coefficient (Wildman–Crippen LogP) is 2.81. The minimum atomic E-state index is -0.136. The van der Waals surface area contributed by atoms with Crippen LogP contribution in [0.15, 0.2) is 28.8 Å². The van der Waals surface area contributed by atoms with E-state index < -0.39 is 0 Å². The van der Waals surface area contributed by atoms with E-state index in [1.165, 1.54) is 5.56 Å². The number of hydrogen-bond acceptors (Lipinski definition) is 5. The number of nitrogens with one attached hydrogen (secondary N) is 1. The van der Waals surface area contributed by atoms with Gasteiger partial charge in [-0.15, -0.1) is 0 Å². The molecule has 5 nitrogen and oxygen atoms in total. The molecule has 1 aromatic heterocycles. The molecule has 2 heterocycles. The molecule has 106 valence electrons. The Balaban J connectivity index is 1.69. The fourth-order valence-electron chi connectivity index (χ4n) is 2.33. The number of ether oxygens (including phenoxy) is 1. The largest absolute Gasteiger partial charge is 0.482 e. The zero-order valence-corrected chi connectivity index (χ0v) is 11.8. The number of aromatic nitrogens is 2. The highest BCUT2D eigenvalue weighted by atomic mass is 16.5. The van der Waals surface area contributed by atoms with Crippen LogP contribution in [0, 0.1) is 0 Å². The van der Waals surface area contributed by atoms with E-state index in [1.54, 1.807) is 0 Å². The molecule has 5 heteroatoms. The Hall–Kier alpha value is -1.88. The molecule has 0 spiro atoms. The average molecular weight is 273 g/mol. The summed E-state index contributed by atoms with van der Waals surface area (Å²) in [5.41, 5.74) is 1.20. The van der Waals surface area contributed by atoms with Crippen LogP contribution < -0.4 is 10.1 Å². The van der Waals surface area contributed by atoms with Crippen molar-refractivity contribution in [3.63, 3.8) is 0 Å². The Kier molecular flexibility index (Phi) is 3.69. The normalized spacial score (nSPS) is 18.6. The second-order valence-electron chi connectivity index (χ2n) is 5.08. The Morgan fingerprint density at radius 2 is 2.25 bits per heavy atom. The van der Waals surface area contributed by atoms with Crippen molar-refractivity contribution in [3.8, 4) is 5.75 Å². The minimum absolute atomic E-state index is 0.0694. The summed E-state index contributed by atoms with van der Waals surface area (Å²) >= 11 is 0. The molecule has 3 rings (SSSR count). The van der Waals surface area contributed by atoms with Crippen molar-refractivity contribution in [1.29, 1.82) is 0 Å². The molecular weight excluding hydrogens is 254 g/mol. The lowest BCUT2D eigenvalue weighted by atomic mass is 10.1. The molecule has 0 saturated carbocycles. The zero-order valence-electron chi connectivity index (χ0n) is 11.8. The Morgan fingerprint density at radius 3 is 3.05 bits per heavy atom. The molecule has 0 saturated heterocycles. The standard InChI is InChI=1S/C15H19N3O2/c1-3-8-16-10(2)15-17-14(18-20-15)13-9-11-6-4-5-7-12(11)19-13/h4-7,10,13,16H,3,8-9H2,1-2H3. The van der Waals surface area contributed by atoms with Crippen molar-refractivity contribution in [2.45, 2.75) is 38.8 Å². The fourth-order valence-corrected chi connectivity index (χ4v) is 2.33. The molecule has 1 aliphatic rings. The maximum Gasteiger partial charge on any atom is 0.243 e. The lowest BCUT2D eigenvalue weighted by molar-refractivity contribution is 0.220. The maximum atomic E-state index is 5.86. The highest BCUT2D eigenvalue weighted by Crippen LogP contribution is 2.35. The van der Waals surface area contributed by atoms with Crippen LogP contribution in [0.5, 0.6) is 5.75 Å². The van der Waals surface area contributed by atoms with Gasteiger partial charge < -0.3 is 14.6 Å². The lowest BCUT2D eigenvalue weighted by Gasteiger charge is -2.07. The van der Waals surface area contributed by atoms with Crippen molar-refractivity contribution in [3.05, 3.63) is 41.5 Å². The molecule has 20 heavy (non-hydrogen) atoms. The van der Waals surface area contributed by atoms with Crippen LogP contribution in [-0.4, -0.2) is 16.7 Å². The number of nitrogens with zero attached hydrogens (tertiary/aromatic N) is 2. The van der Waals surface area contributed by atoms with Gasteiger partial charge in [0, 0.05) is 6.42 Å². The van der Waals surface area contributed by atoms with Crippen LogP contribution in [0.3, 0.4) is 0 Å². The number of benzene rings is 1. The van der Waals surface area contributed by atoms with E-state index in [9.17, 15) is 0 Å². The van der Waals surface area contributed by atoms with Crippen LogP contribution in [0.1, 0.15) is 49.7 Å². The highest BCUT2D eigenvalue weighted by Gasteiger charge is 2.28. The summed E-state index contributed by atoms with van der Waals surface area (Å²) in [5, 5.41) is 7.39. The molecule has 0 fully saturated rings. The van der Waals surface area contributed by atoms with Gasteiger partial charge in [0.25, 0.3) is 0 Å². The van der Waals surface area contributed by atoms with Gasteiger partial charge >= 0.3 is 0 Å². The van der Waals surface area contributed by atoms with Gasteiger partial charge in [-0.3, -0.25) is 0 Å². The van der Waals surface area contributed by atoms with Crippen molar-refractivity contribution in [2.75, 3.05) is 6.54 Å². The minimum Gasteiger partial charge on any atom is -0.482 e. The molecule has 2 atom stereocenters. The summed E-state index contributed by atoms with van der Waals surface area (Å²) in [4.78, 5) is 4.46. The Labute approximate surface area is 118 Å². The van der Waals surface area contributed by atoms with Gasteiger partial charge in [0.05, 0.1) is 6.04 Å². The van der Waals surface area contributed by atoms with Crippen molar-refractivity contribution < 1.29 is 9.26 Å². The SMILES string of the molecule is CCCNC(C)c1nc(C2Cc3ccccc3O2)no1. The first-order valence-corrected chi connectivity index (χ1v) is 7.09. The van der Waals surface area contributed by atoms with E-state index in [-0.39, 0.29) is 12.1 Å². The third-order valence-corrected chi connectivity index (χ3v) is 3.46. The third kappa shape index (κ3) is 2.54. The monoisotopic (exact) mass is 273 g/mol. The Morgan fingerprint density at radius 1 is 1.40 bits per heavy atom. The van der Waals surface area contributed by atoms with Crippen LogP contribution in [0.4, 0.5) is 0 Å². The highest BCUT2D eigenvalue weighted by molar-refractivity contribution is 5.37. The molecule has 0 aliphatic carbocycles. The molecule has 0 bridgehead atoms. The number of fused-ring (bicyclic) bond motifs is 1. The van der Waals surface area contributed by atoms with Crippen molar-refractivity contribution >= 4 is 0 Å². The van der Waals surface area contributed by atoms with Gasteiger partial charge in [-0.25, -0.2) is 0 Å². The fraction of sp³-hybridized carbons (Fsp3) is 0.467. The van der Waals surface area contributed by atoms with E-state index in [4.69, 9.17) is 9.26 Å². The summed E-state index contributed by atoms with van der Waals surface area (Å²) in [6, 6.07) is 8.10. The van der Waals surface area contributed by atoms with E-state index in [1.807, 2.05) is 25.1 Å². The molecule has 1 N–H and O–H groups in total. The van der Waals surface area contributed by atoms with E-state index in [2.05, 4.69) is 28.4 Å². The molecule has 2 aromatic rings. The van der Waals surface area contributed by atoms with E-state index >= 15 is 0 Å². The van der Waals surface area contributed by atoms with Crippen LogP contribution >= 0.6 is 0 Å². The second-order valence-corrected chi connectivity index (χ2v) is 5.08. The third-order valence-electron chi connectivity index (χ3n) is 3.46. The summed E-state index contributed by atoms with van der Waals surface area (Å²) in [6.45, 7) is 5.09. The molecule has 0 radical (unpaired) electrons. The van der Waals surface area contributed by atoms with Gasteiger partial charge in [-0.05, 0) is 31.5 Å². The summed E-state index contributed by atoms with van der Waals surface area (Å²) in [6.07, 6.45) is 1.74. The molecule has 0 amide bonds. The first-order chi connectivity index (χ1) is 9.78. The first kappa shape index (κ1) is 13.1. The van der Waals surface area contributed by atoms with Crippen LogP contribution in [-0.2, 0) is 6.42 Å². The van der Waals surface area contributed by atoms with Gasteiger partial charge in [0.2, 0.25) is 11.7 Å². The number of para-hydroxylation sites is 1. The van der Waals surface area contributed by atoms with Crippen molar-refractivity contribution in [1.82, 2.24) is 15.5 Å². The molecular formula is C15H19N3O2. The van der Waals surface area contributed by atoms with E-state index in [0.717, 1.165) is 25.1 Å². The number of rotatable bonds is 5. The Bertz CT molecular complexity index is 557. The first-order valence-electron chi connectivity index (χ1n) is 7.09. The molecule has 1 aliphatic heterocycles. The summed E-state index contributed by atoms with van der Waals surface area (Å²) < 4.78 is 11.2. The molecule has 2 unspecified atom stereocenters. The zero-order chi connectivity index (χ0) is 13.9. The summed E-state index contributed by atoms with van der Waals surface area (Å²) in [7, 11) is 0. The van der Waals surface area contributed by atoms with Gasteiger partial charge in [0.1, 0.15) is 5.75 Å². The smallest absolute Gasteiger partial charge is 0.243 e. The topological polar surface area (TPSA) is 60.2 Å². The van der Waals surface area contributed by atoms with Crippen LogP contribution in [0.2, 0.25) is 0 Å². The number of hydrogen-bond donors (Lipinski definition) is 1. The van der Waals surface area contributed by atoms with E-state index in [0.29, 0.717) is 11.7 Å². The van der Waals surface area contributed by atoms with Crippen LogP contribution in [0.25, 0.3) is 0 Å². The average Bonchev–Trinajstić information content (AvgIpc) is 3.10. The maximum absolute atomic E-state index is 5.86. The lowest BCUT2D eigenvalue weighted by Crippen LogP contribution is -2.19. The van der Waals surface area contributed by atoms with Crippen molar-refractivity contribution in [2.24, 2.45) is 0 Å². The van der Waals surface area contributed by atoms with Gasteiger partial charge in [0.15, 0.2) is 6.10 Å². The van der Waals surface area contributed by atoms with Gasteiger partial charge in [-0.2, -0.15) is 4.98 Å². The molecule has 1 aromatic carbocycles. The second kappa shape index (κ2) is 5.63. The van der Waals surface area contributed by atoms with Gasteiger partial charge in [-0.1, -0.05) is 30.3 Å². The predicted molar refractivity (Wildman–Crippen MR) is 74.5 cm³/mol.